The highest BCUT2D eigenvalue weighted by Gasteiger charge is 2.22. The lowest BCUT2D eigenvalue weighted by molar-refractivity contribution is -0.123. The molecule has 1 atom stereocenters. The van der Waals surface area contributed by atoms with Gasteiger partial charge in [0.25, 0.3) is 5.91 Å². The van der Waals surface area contributed by atoms with E-state index in [2.05, 4.69) is 5.32 Å². The van der Waals surface area contributed by atoms with E-state index in [0.717, 1.165) is 30.6 Å². The number of nitrogens with zero attached hydrogens (tertiary/aromatic N) is 1. The number of amides is 2. The predicted molar refractivity (Wildman–Crippen MR) is 118 cm³/mol. The van der Waals surface area contributed by atoms with Crippen LogP contribution in [-0.2, 0) is 9.59 Å². The molecule has 2 amide bonds. The van der Waals surface area contributed by atoms with Crippen LogP contribution >= 0.6 is 0 Å². The number of ether oxygens (including phenoxy) is 1. The van der Waals surface area contributed by atoms with E-state index in [1.807, 2.05) is 36.9 Å². The molecule has 1 heterocycles. The molecule has 0 bridgehead atoms. The van der Waals surface area contributed by atoms with Crippen molar-refractivity contribution in [2.45, 2.75) is 45.6 Å². The Labute approximate surface area is 176 Å². The number of piperidine rings is 1. The Balaban J connectivity index is 1.69. The van der Waals surface area contributed by atoms with Crippen molar-refractivity contribution in [1.29, 1.82) is 5.41 Å². The van der Waals surface area contributed by atoms with E-state index in [0.29, 0.717) is 29.8 Å². The van der Waals surface area contributed by atoms with Gasteiger partial charge >= 0.3 is 0 Å². The van der Waals surface area contributed by atoms with Crippen molar-refractivity contribution < 1.29 is 14.3 Å². The highest BCUT2D eigenvalue weighted by atomic mass is 16.5. The smallest absolute Gasteiger partial charge is 0.265 e. The average Bonchev–Trinajstić information content (AvgIpc) is 2.73. The standard InChI is InChI=1S/C23H28N4O3/c1-3-20(30-18-8-6-7-16(14-18)22(24)25)23(29)26-17-10-11-19(15(2)13-17)27-12-5-4-9-21(27)28/h6-8,10-11,13-14,20H,3-5,9,12H2,1-2H3,(H3,24,25)(H,26,29). The Morgan fingerprint density at radius 2 is 2.07 bits per heavy atom. The maximum absolute atomic E-state index is 12.7. The van der Waals surface area contributed by atoms with Crippen molar-refractivity contribution in [2.75, 3.05) is 16.8 Å². The molecular formula is C23H28N4O3. The lowest BCUT2D eigenvalue weighted by Crippen LogP contribution is -2.35. The minimum Gasteiger partial charge on any atom is -0.481 e. The van der Waals surface area contributed by atoms with Gasteiger partial charge in [-0.25, -0.2) is 0 Å². The number of amidine groups is 1. The lowest BCUT2D eigenvalue weighted by Gasteiger charge is -2.28. The molecule has 2 aromatic carbocycles. The fourth-order valence-corrected chi connectivity index (χ4v) is 3.54. The third kappa shape index (κ3) is 4.97. The quantitative estimate of drug-likeness (QED) is 0.480. The maximum atomic E-state index is 12.7. The summed E-state index contributed by atoms with van der Waals surface area (Å²) in [6.45, 7) is 4.54. The van der Waals surface area contributed by atoms with Gasteiger partial charge in [0.1, 0.15) is 11.6 Å². The Morgan fingerprint density at radius 1 is 1.27 bits per heavy atom. The third-order valence-corrected chi connectivity index (χ3v) is 5.17. The van der Waals surface area contributed by atoms with E-state index < -0.39 is 6.10 Å². The molecule has 1 unspecified atom stereocenters. The molecule has 1 aliphatic rings. The molecule has 7 nitrogen and oxygen atoms in total. The number of aryl methyl sites for hydroxylation is 1. The van der Waals surface area contributed by atoms with Crippen molar-refractivity contribution in [3.63, 3.8) is 0 Å². The fourth-order valence-electron chi connectivity index (χ4n) is 3.54. The molecule has 158 valence electrons. The van der Waals surface area contributed by atoms with Gasteiger partial charge in [0.05, 0.1) is 0 Å². The summed E-state index contributed by atoms with van der Waals surface area (Å²) in [4.78, 5) is 26.8. The van der Waals surface area contributed by atoms with Crippen LogP contribution in [0.3, 0.4) is 0 Å². The van der Waals surface area contributed by atoms with Gasteiger partial charge in [-0.3, -0.25) is 15.0 Å². The molecule has 7 heteroatoms. The lowest BCUT2D eigenvalue weighted by atomic mass is 10.1. The second kappa shape index (κ2) is 9.43. The number of rotatable bonds is 7. The molecule has 30 heavy (non-hydrogen) atoms. The summed E-state index contributed by atoms with van der Waals surface area (Å²) in [5, 5.41) is 10.4. The zero-order valence-corrected chi connectivity index (χ0v) is 17.4. The highest BCUT2D eigenvalue weighted by Crippen LogP contribution is 2.27. The number of nitrogen functional groups attached to an aromatic ring is 1. The topological polar surface area (TPSA) is 109 Å². The third-order valence-electron chi connectivity index (χ3n) is 5.17. The van der Waals surface area contributed by atoms with E-state index in [-0.39, 0.29) is 17.6 Å². The molecule has 0 saturated carbocycles. The van der Waals surface area contributed by atoms with Crippen LogP contribution in [0.1, 0.15) is 43.7 Å². The largest absolute Gasteiger partial charge is 0.481 e. The van der Waals surface area contributed by atoms with Gasteiger partial charge in [-0.05, 0) is 62.1 Å². The van der Waals surface area contributed by atoms with E-state index in [4.69, 9.17) is 15.9 Å². The van der Waals surface area contributed by atoms with Crippen LogP contribution in [0.4, 0.5) is 11.4 Å². The maximum Gasteiger partial charge on any atom is 0.265 e. The predicted octanol–water partition coefficient (Wildman–Crippen LogP) is 3.59. The first-order chi connectivity index (χ1) is 14.4. The number of anilines is 2. The van der Waals surface area contributed by atoms with Crippen LogP contribution in [0.25, 0.3) is 0 Å². The average molecular weight is 409 g/mol. The molecule has 0 spiro atoms. The SMILES string of the molecule is CCC(Oc1cccc(C(=N)N)c1)C(=O)Nc1ccc(N2CCCCC2=O)c(C)c1. The first-order valence-corrected chi connectivity index (χ1v) is 10.2. The van der Waals surface area contributed by atoms with Crippen LogP contribution in [0.15, 0.2) is 42.5 Å². The number of hydrogen-bond acceptors (Lipinski definition) is 4. The molecule has 1 saturated heterocycles. The molecule has 1 fully saturated rings. The number of nitrogens with one attached hydrogen (secondary N) is 2. The highest BCUT2D eigenvalue weighted by molar-refractivity contribution is 5.97. The van der Waals surface area contributed by atoms with Crippen molar-refractivity contribution in [1.82, 2.24) is 0 Å². The summed E-state index contributed by atoms with van der Waals surface area (Å²) in [7, 11) is 0. The summed E-state index contributed by atoms with van der Waals surface area (Å²) >= 11 is 0. The van der Waals surface area contributed by atoms with Crippen LogP contribution in [0.5, 0.6) is 5.75 Å². The minimum atomic E-state index is -0.684. The normalized spacial score (nSPS) is 14.9. The van der Waals surface area contributed by atoms with Gasteiger partial charge in [-0.2, -0.15) is 0 Å². The van der Waals surface area contributed by atoms with E-state index >= 15 is 0 Å². The fraction of sp³-hybridized carbons (Fsp3) is 0.348. The Kier molecular flexibility index (Phi) is 6.72. The van der Waals surface area contributed by atoms with Crippen LogP contribution < -0.4 is 20.7 Å². The molecule has 0 aromatic heterocycles. The van der Waals surface area contributed by atoms with Gasteiger partial charge in [0.15, 0.2) is 6.10 Å². The summed E-state index contributed by atoms with van der Waals surface area (Å²) in [6, 6.07) is 12.4. The molecular weight excluding hydrogens is 380 g/mol. The van der Waals surface area contributed by atoms with Gasteiger partial charge in [-0.15, -0.1) is 0 Å². The minimum absolute atomic E-state index is 0.0549. The van der Waals surface area contributed by atoms with Gasteiger partial charge in [-0.1, -0.05) is 19.1 Å². The van der Waals surface area contributed by atoms with E-state index in [1.54, 1.807) is 24.3 Å². The second-order valence-electron chi connectivity index (χ2n) is 7.45. The van der Waals surface area contributed by atoms with Crippen molar-refractivity contribution in [2.24, 2.45) is 5.73 Å². The Bertz CT molecular complexity index is 957. The second-order valence-corrected chi connectivity index (χ2v) is 7.45. The molecule has 0 aliphatic carbocycles. The summed E-state index contributed by atoms with van der Waals surface area (Å²) < 4.78 is 5.83. The number of carbonyl (C=O) groups excluding carboxylic acids is 2. The van der Waals surface area contributed by atoms with Crippen LogP contribution in [0, 0.1) is 12.3 Å². The van der Waals surface area contributed by atoms with Gasteiger partial charge in [0, 0.05) is 29.9 Å². The Hall–Kier alpha value is -3.35. The number of hydrogen-bond donors (Lipinski definition) is 3. The number of nitrogens with two attached hydrogens (primary N) is 1. The summed E-state index contributed by atoms with van der Waals surface area (Å²) in [5.41, 5.74) is 8.55. The number of benzene rings is 2. The first kappa shape index (κ1) is 21.4. The van der Waals surface area contributed by atoms with Gasteiger partial charge in [0.2, 0.25) is 5.91 Å². The molecule has 0 radical (unpaired) electrons. The molecule has 2 aromatic rings. The van der Waals surface area contributed by atoms with E-state index in [9.17, 15) is 9.59 Å². The molecule has 3 rings (SSSR count). The molecule has 1 aliphatic heterocycles. The van der Waals surface area contributed by atoms with Crippen molar-refractivity contribution in [3.8, 4) is 5.75 Å². The zero-order chi connectivity index (χ0) is 21.7. The summed E-state index contributed by atoms with van der Waals surface area (Å²) in [6.07, 6.45) is 2.32. The number of carbonyl (C=O) groups is 2. The van der Waals surface area contributed by atoms with E-state index in [1.165, 1.54) is 0 Å². The summed E-state index contributed by atoms with van der Waals surface area (Å²) in [5.74, 6) is 0.320. The first-order valence-electron chi connectivity index (χ1n) is 10.2. The Morgan fingerprint density at radius 3 is 2.73 bits per heavy atom. The van der Waals surface area contributed by atoms with Crippen molar-refractivity contribution in [3.05, 3.63) is 53.6 Å². The van der Waals surface area contributed by atoms with Gasteiger partial charge < -0.3 is 20.7 Å². The zero-order valence-electron chi connectivity index (χ0n) is 17.4. The monoisotopic (exact) mass is 408 g/mol. The van der Waals surface area contributed by atoms with Crippen LogP contribution in [-0.4, -0.2) is 30.3 Å². The van der Waals surface area contributed by atoms with Crippen molar-refractivity contribution >= 4 is 29.0 Å². The van der Waals surface area contributed by atoms with Crippen LogP contribution in [0.2, 0.25) is 0 Å². The molecule has 4 N–H and O–H groups in total.